The SMILES string of the molecule is Cc1ccnc(NC2(C)CCS(=O)(=O)C2)c1Br. The van der Waals surface area contributed by atoms with Gasteiger partial charge in [-0.05, 0) is 47.8 Å². The van der Waals surface area contributed by atoms with Gasteiger partial charge >= 0.3 is 0 Å². The normalized spacial score (nSPS) is 27.0. The lowest BCUT2D eigenvalue weighted by atomic mass is 10.0. The van der Waals surface area contributed by atoms with Crippen molar-refractivity contribution in [3.63, 3.8) is 0 Å². The molecule has 0 aromatic carbocycles. The Balaban J connectivity index is 2.25. The number of hydrogen-bond donors (Lipinski definition) is 1. The Morgan fingerprint density at radius 1 is 1.53 bits per heavy atom. The lowest BCUT2D eigenvalue weighted by Gasteiger charge is -2.25. The van der Waals surface area contributed by atoms with Gasteiger partial charge in [-0.1, -0.05) is 0 Å². The van der Waals surface area contributed by atoms with Crippen LogP contribution in [0.5, 0.6) is 0 Å². The molecule has 94 valence electrons. The predicted molar refractivity (Wildman–Crippen MR) is 72.0 cm³/mol. The zero-order valence-electron chi connectivity index (χ0n) is 9.83. The van der Waals surface area contributed by atoms with Crippen LogP contribution in [0.3, 0.4) is 0 Å². The molecule has 1 unspecified atom stereocenters. The van der Waals surface area contributed by atoms with Gasteiger partial charge in [0.2, 0.25) is 0 Å². The van der Waals surface area contributed by atoms with Gasteiger partial charge in [0.1, 0.15) is 5.82 Å². The van der Waals surface area contributed by atoms with Gasteiger partial charge in [0.15, 0.2) is 9.84 Å². The van der Waals surface area contributed by atoms with E-state index in [9.17, 15) is 8.42 Å². The fourth-order valence-electron chi connectivity index (χ4n) is 2.02. The Kier molecular flexibility index (Phi) is 3.20. The topological polar surface area (TPSA) is 59.1 Å². The third-order valence-corrected chi connectivity index (χ3v) is 5.91. The molecule has 0 spiro atoms. The van der Waals surface area contributed by atoms with E-state index in [1.165, 1.54) is 0 Å². The maximum Gasteiger partial charge on any atom is 0.152 e. The first kappa shape index (κ1) is 12.8. The van der Waals surface area contributed by atoms with Gasteiger partial charge in [-0.3, -0.25) is 0 Å². The lowest BCUT2D eigenvalue weighted by molar-refractivity contribution is 0.571. The highest BCUT2D eigenvalue weighted by molar-refractivity contribution is 9.10. The molecule has 4 nitrogen and oxygen atoms in total. The minimum absolute atomic E-state index is 0.169. The minimum Gasteiger partial charge on any atom is -0.363 e. The number of sulfone groups is 1. The van der Waals surface area contributed by atoms with Crippen LogP contribution in [-0.4, -0.2) is 30.4 Å². The monoisotopic (exact) mass is 318 g/mol. The van der Waals surface area contributed by atoms with Crippen LogP contribution >= 0.6 is 15.9 Å². The van der Waals surface area contributed by atoms with Crippen LogP contribution in [0.4, 0.5) is 5.82 Å². The van der Waals surface area contributed by atoms with E-state index < -0.39 is 15.4 Å². The van der Waals surface area contributed by atoms with Gasteiger partial charge in [-0.25, -0.2) is 13.4 Å². The van der Waals surface area contributed by atoms with Crippen molar-refractivity contribution in [3.05, 3.63) is 22.3 Å². The summed E-state index contributed by atoms with van der Waals surface area (Å²) in [6.07, 6.45) is 2.34. The van der Waals surface area contributed by atoms with Crippen molar-refractivity contribution in [3.8, 4) is 0 Å². The number of nitrogens with one attached hydrogen (secondary N) is 1. The van der Waals surface area contributed by atoms with Crippen LogP contribution in [0.25, 0.3) is 0 Å². The first-order chi connectivity index (χ1) is 7.81. The first-order valence-corrected chi connectivity index (χ1v) is 8.02. The number of aromatic nitrogens is 1. The van der Waals surface area contributed by atoms with E-state index in [0.717, 1.165) is 10.0 Å². The van der Waals surface area contributed by atoms with E-state index in [1.54, 1.807) is 6.20 Å². The van der Waals surface area contributed by atoms with Crippen molar-refractivity contribution in [2.75, 3.05) is 16.8 Å². The smallest absolute Gasteiger partial charge is 0.152 e. The summed E-state index contributed by atoms with van der Waals surface area (Å²) in [4.78, 5) is 4.24. The average molecular weight is 319 g/mol. The number of rotatable bonds is 2. The molecule has 1 aromatic rings. The molecule has 1 N–H and O–H groups in total. The maximum absolute atomic E-state index is 11.5. The Morgan fingerprint density at radius 3 is 2.82 bits per heavy atom. The molecule has 1 aliphatic heterocycles. The van der Waals surface area contributed by atoms with Crippen LogP contribution in [0.1, 0.15) is 18.9 Å². The molecule has 0 radical (unpaired) electrons. The number of anilines is 1. The highest BCUT2D eigenvalue weighted by atomic mass is 79.9. The number of aryl methyl sites for hydroxylation is 1. The molecule has 0 aliphatic carbocycles. The van der Waals surface area contributed by atoms with Crippen LogP contribution in [0.15, 0.2) is 16.7 Å². The molecule has 1 aromatic heterocycles. The Hall–Kier alpha value is -0.620. The quantitative estimate of drug-likeness (QED) is 0.907. The highest BCUT2D eigenvalue weighted by Crippen LogP contribution is 2.31. The molecular weight excluding hydrogens is 304 g/mol. The second kappa shape index (κ2) is 4.24. The van der Waals surface area contributed by atoms with E-state index in [1.807, 2.05) is 19.9 Å². The summed E-state index contributed by atoms with van der Waals surface area (Å²) in [5.41, 5.74) is 0.661. The Labute approximate surface area is 110 Å². The molecule has 6 heteroatoms. The van der Waals surface area contributed by atoms with Gasteiger partial charge in [0, 0.05) is 6.20 Å². The van der Waals surface area contributed by atoms with E-state index in [0.29, 0.717) is 12.2 Å². The van der Waals surface area contributed by atoms with Crippen LogP contribution < -0.4 is 5.32 Å². The van der Waals surface area contributed by atoms with Crippen LogP contribution in [0.2, 0.25) is 0 Å². The minimum atomic E-state index is -2.90. The molecule has 0 bridgehead atoms. The molecule has 0 amide bonds. The number of halogens is 1. The lowest BCUT2D eigenvalue weighted by Crippen LogP contribution is -2.36. The average Bonchev–Trinajstić information content (AvgIpc) is 2.49. The van der Waals surface area contributed by atoms with E-state index in [2.05, 4.69) is 26.2 Å². The van der Waals surface area contributed by atoms with Crippen molar-refractivity contribution in [1.29, 1.82) is 0 Å². The summed E-state index contributed by atoms with van der Waals surface area (Å²) in [6, 6.07) is 1.91. The van der Waals surface area contributed by atoms with Crippen molar-refractivity contribution in [2.45, 2.75) is 25.8 Å². The third-order valence-electron chi connectivity index (χ3n) is 3.01. The third kappa shape index (κ3) is 2.80. The zero-order chi connectivity index (χ0) is 12.7. The van der Waals surface area contributed by atoms with Crippen molar-refractivity contribution in [1.82, 2.24) is 4.98 Å². The van der Waals surface area contributed by atoms with Crippen molar-refractivity contribution >= 4 is 31.6 Å². The van der Waals surface area contributed by atoms with E-state index in [-0.39, 0.29) is 11.5 Å². The molecule has 1 atom stereocenters. The summed E-state index contributed by atoms with van der Waals surface area (Å²) in [5, 5.41) is 3.24. The molecule has 2 rings (SSSR count). The van der Waals surface area contributed by atoms with Gasteiger partial charge in [-0.2, -0.15) is 0 Å². The van der Waals surface area contributed by atoms with E-state index >= 15 is 0 Å². The van der Waals surface area contributed by atoms with Gasteiger partial charge in [-0.15, -0.1) is 0 Å². The first-order valence-electron chi connectivity index (χ1n) is 5.41. The second-order valence-corrected chi connectivity index (χ2v) is 7.80. The largest absolute Gasteiger partial charge is 0.363 e. The summed E-state index contributed by atoms with van der Waals surface area (Å²) in [7, 11) is -2.90. The number of nitrogens with zero attached hydrogens (tertiary/aromatic N) is 1. The van der Waals surface area contributed by atoms with Crippen LogP contribution in [0, 0.1) is 6.92 Å². The summed E-state index contributed by atoms with van der Waals surface area (Å²) in [5.74, 6) is 1.13. The molecule has 0 saturated carbocycles. The fraction of sp³-hybridized carbons (Fsp3) is 0.545. The molecule has 1 saturated heterocycles. The second-order valence-electron chi connectivity index (χ2n) is 4.82. The van der Waals surface area contributed by atoms with E-state index in [4.69, 9.17) is 0 Å². The molecule has 2 heterocycles. The molecule has 17 heavy (non-hydrogen) atoms. The van der Waals surface area contributed by atoms with Gasteiger partial charge < -0.3 is 5.32 Å². The zero-order valence-corrected chi connectivity index (χ0v) is 12.2. The Morgan fingerprint density at radius 2 is 2.24 bits per heavy atom. The molecular formula is C11H15BrN2O2S. The van der Waals surface area contributed by atoms with Gasteiger partial charge in [0.25, 0.3) is 0 Å². The standard InChI is InChI=1S/C11H15BrN2O2S/c1-8-3-5-13-10(9(8)12)14-11(2)4-6-17(15,16)7-11/h3,5H,4,6-7H2,1-2H3,(H,13,14). The molecule has 1 aliphatic rings. The van der Waals surface area contributed by atoms with Crippen molar-refractivity contribution in [2.24, 2.45) is 0 Å². The van der Waals surface area contributed by atoms with Crippen molar-refractivity contribution < 1.29 is 8.42 Å². The van der Waals surface area contributed by atoms with Crippen LogP contribution in [-0.2, 0) is 9.84 Å². The number of pyridine rings is 1. The fourth-order valence-corrected chi connectivity index (χ4v) is 4.45. The predicted octanol–water partition coefficient (Wildman–Crippen LogP) is 2.14. The summed E-state index contributed by atoms with van der Waals surface area (Å²) in [6.45, 7) is 3.90. The Bertz CT molecular complexity index is 544. The summed E-state index contributed by atoms with van der Waals surface area (Å²) >= 11 is 3.47. The maximum atomic E-state index is 11.5. The van der Waals surface area contributed by atoms with Gasteiger partial charge in [0.05, 0.1) is 21.5 Å². The highest BCUT2D eigenvalue weighted by Gasteiger charge is 2.38. The molecule has 1 fully saturated rings. The summed E-state index contributed by atoms with van der Waals surface area (Å²) < 4.78 is 23.9. The number of hydrogen-bond acceptors (Lipinski definition) is 4.